The van der Waals surface area contributed by atoms with Gasteiger partial charge in [-0.15, -0.1) is 16.9 Å². The van der Waals surface area contributed by atoms with E-state index in [9.17, 15) is 30.6 Å². The average Bonchev–Trinajstić information content (AvgIpc) is 4.08. The molecule has 6 N–H and O–H groups in total. The number of ether oxygens (including phenoxy) is 6. The molecule has 20 heteroatoms. The highest BCUT2D eigenvalue weighted by molar-refractivity contribution is 7.98. The predicted molar refractivity (Wildman–Crippen MR) is 298 cm³/mol. The molecule has 5 heterocycles. The summed E-state index contributed by atoms with van der Waals surface area (Å²) in [6, 6.07) is 16.0. The second-order valence-corrected chi connectivity index (χ2v) is 24.7. The van der Waals surface area contributed by atoms with Crippen molar-refractivity contribution in [2.24, 2.45) is 22.9 Å². The van der Waals surface area contributed by atoms with Crippen LogP contribution in [-0.2, 0) is 46.2 Å². The van der Waals surface area contributed by atoms with E-state index < -0.39 is 102 Å². The molecule has 7 rings (SSSR count). The number of hydrogen-bond acceptors (Lipinski definition) is 19. The van der Waals surface area contributed by atoms with E-state index in [1.807, 2.05) is 59.8 Å². The molecule has 1 aromatic heterocycles. The Kier molecular flexibility index (Phi) is 21.1. The zero-order valence-electron chi connectivity index (χ0n) is 48.5. The molecule has 20 atom stereocenters. The van der Waals surface area contributed by atoms with Gasteiger partial charge in [0.15, 0.2) is 25.0 Å². The van der Waals surface area contributed by atoms with E-state index >= 15 is 0 Å². The van der Waals surface area contributed by atoms with Gasteiger partial charge in [-0.25, -0.2) is 4.68 Å². The highest BCUT2D eigenvalue weighted by atomic mass is 32.2. The first-order valence-corrected chi connectivity index (χ1v) is 29.3. The first-order chi connectivity index (χ1) is 36.8. The normalized spacial score (nSPS) is 39.8. The fourth-order valence-corrected chi connectivity index (χ4v) is 12.7. The van der Waals surface area contributed by atoms with Gasteiger partial charge in [-0.05, 0) is 116 Å². The summed E-state index contributed by atoms with van der Waals surface area (Å²) in [5, 5.41) is 85.5. The standard InChI is InChI=1S/C58H92N6O13S/c1-15-47-58(10,70)51(66)37(6)63(12)30-33(2)28-56(8,69)53(35(4)50(36(5)54(68)74-47)75-48-29-57(9,71-13)52(67)38(7)73-48)76-55-49(65)46(26-34(3)72-55)62(11)25-24-42-31-64(61-59-42)32-43-27-45(60-77-43)41-18-16-39(17-19-41)40-20-22-44(78-14)23-21-40/h16-23,31,33-38,43,46-55,65-70H,15,24-30,32H2,1-14H3/t33-,34-,35+,36-,37-,38+,43-,46+,47-,48+,49-,50+,51-,52+,53-,54?,55+,56-,57-,58-/m1/s1. The van der Waals surface area contributed by atoms with Crippen molar-refractivity contribution in [3.63, 3.8) is 0 Å². The molecule has 3 fully saturated rings. The topological polar surface area (TPSA) is 236 Å². The van der Waals surface area contributed by atoms with E-state index in [4.69, 9.17) is 33.3 Å². The maximum Gasteiger partial charge on any atom is 0.185 e. The Balaban J connectivity index is 1.06. The molecular weight excluding hydrogens is 1020 g/mol. The molecule has 0 radical (unpaired) electrons. The van der Waals surface area contributed by atoms with Crippen LogP contribution in [0.2, 0.25) is 0 Å². The lowest BCUT2D eigenvalue weighted by atomic mass is 9.77. The van der Waals surface area contributed by atoms with Crippen molar-refractivity contribution in [2.45, 2.75) is 222 Å². The third-order valence-electron chi connectivity index (χ3n) is 17.3. The lowest BCUT2D eigenvalue weighted by molar-refractivity contribution is -0.326. The molecular formula is C58H92N6O13S. The van der Waals surface area contributed by atoms with Crippen molar-refractivity contribution < 1.29 is 63.9 Å². The number of aliphatic hydroxyl groups is 6. The Morgan fingerprint density at radius 1 is 0.846 bits per heavy atom. The number of nitrogens with zero attached hydrogens (tertiary/aromatic N) is 6. The number of benzene rings is 2. The van der Waals surface area contributed by atoms with Crippen LogP contribution < -0.4 is 0 Å². The van der Waals surface area contributed by atoms with Crippen LogP contribution in [-0.4, -0.2) is 204 Å². The summed E-state index contributed by atoms with van der Waals surface area (Å²) in [7, 11) is 5.34. The van der Waals surface area contributed by atoms with Crippen LogP contribution in [0.25, 0.3) is 11.1 Å². The van der Waals surface area contributed by atoms with E-state index in [2.05, 4.69) is 75.2 Å². The number of aliphatic hydroxyl groups excluding tert-OH is 4. The number of methoxy groups -OCH3 is 1. The number of rotatable bonds is 15. The fourth-order valence-electron chi connectivity index (χ4n) is 12.3. The third kappa shape index (κ3) is 14.5. The summed E-state index contributed by atoms with van der Waals surface area (Å²) < 4.78 is 40.6. The number of hydrogen-bond donors (Lipinski definition) is 6. The van der Waals surface area contributed by atoms with Gasteiger partial charge in [-0.1, -0.05) is 74.5 Å². The first-order valence-electron chi connectivity index (χ1n) is 28.0. The van der Waals surface area contributed by atoms with Gasteiger partial charge in [0.1, 0.15) is 23.9 Å². The molecule has 78 heavy (non-hydrogen) atoms. The minimum Gasteiger partial charge on any atom is -0.390 e. The van der Waals surface area contributed by atoms with Gasteiger partial charge in [0.25, 0.3) is 0 Å². The molecule has 0 spiro atoms. The van der Waals surface area contributed by atoms with Crippen molar-refractivity contribution in [3.05, 3.63) is 66.0 Å². The largest absolute Gasteiger partial charge is 0.390 e. The SMILES string of the molecule is CC[C@H]1OC(O)[C@H](C)[C@@H](O[C@H]2C[C@@](C)(OC)[C@@H](O)[C@H](C)O2)[C@H](C)[C@@H](O[C@@H]2O[C@H](C)C[C@H](N(C)CCc3cn(C[C@H]4CC(c5ccc(-c6ccc(SC)cc6)cc5)=NO4)nn3)[C@H]2O)[C@](C)(O)C[C@@H](C)CN(C)[C@H](C)[C@@H](O)[C@]1(C)O. The summed E-state index contributed by atoms with van der Waals surface area (Å²) in [5.41, 5.74) is 0.567. The Labute approximate surface area is 466 Å². The molecule has 0 aliphatic carbocycles. The Hall–Kier alpha value is -3.16. The lowest BCUT2D eigenvalue weighted by Crippen LogP contribution is -2.61. The third-order valence-corrected chi connectivity index (χ3v) is 18.1. The summed E-state index contributed by atoms with van der Waals surface area (Å²) in [5.74, 6) is -1.80. The molecule has 0 bridgehead atoms. The minimum atomic E-state index is -1.78. The zero-order chi connectivity index (χ0) is 57.0. The number of thioether (sulfide) groups is 1. The lowest BCUT2D eigenvalue weighted by Gasteiger charge is -2.49. The van der Waals surface area contributed by atoms with Crippen LogP contribution in [0.3, 0.4) is 0 Å². The van der Waals surface area contributed by atoms with Gasteiger partial charge in [-0.2, -0.15) is 0 Å². The smallest absolute Gasteiger partial charge is 0.185 e. The van der Waals surface area contributed by atoms with E-state index in [1.165, 1.54) is 18.9 Å². The highest BCUT2D eigenvalue weighted by Gasteiger charge is 2.53. The quantitative estimate of drug-likeness (QED) is 0.103. The number of oxime groups is 1. The number of likely N-dealkylation sites (N-methyl/N-ethyl adjacent to an activating group) is 2. The molecule has 3 saturated heterocycles. The van der Waals surface area contributed by atoms with Crippen molar-refractivity contribution in [1.82, 2.24) is 24.8 Å². The second kappa shape index (κ2) is 26.4. The van der Waals surface area contributed by atoms with Gasteiger partial charge < -0.3 is 73.7 Å². The van der Waals surface area contributed by atoms with E-state index in [0.717, 1.165) is 28.1 Å². The van der Waals surface area contributed by atoms with Crippen LogP contribution in [0.1, 0.15) is 113 Å². The predicted octanol–water partition coefficient (Wildman–Crippen LogP) is 5.48. The van der Waals surface area contributed by atoms with Crippen LogP contribution >= 0.6 is 11.8 Å². The van der Waals surface area contributed by atoms with Crippen molar-refractivity contribution in [2.75, 3.05) is 40.6 Å². The summed E-state index contributed by atoms with van der Waals surface area (Å²) in [6.07, 6.45) is -5.11. The summed E-state index contributed by atoms with van der Waals surface area (Å²) in [4.78, 5) is 11.1. The molecule has 0 saturated carbocycles. The van der Waals surface area contributed by atoms with Crippen molar-refractivity contribution >= 4 is 17.5 Å². The van der Waals surface area contributed by atoms with Gasteiger partial charge in [0.2, 0.25) is 0 Å². The van der Waals surface area contributed by atoms with Crippen LogP contribution in [0.5, 0.6) is 0 Å². The Morgan fingerprint density at radius 3 is 2.14 bits per heavy atom. The molecule has 19 nitrogen and oxygen atoms in total. The molecule has 4 aliphatic rings. The molecule has 1 unspecified atom stereocenters. The monoisotopic (exact) mass is 1110 g/mol. The zero-order valence-corrected chi connectivity index (χ0v) is 49.3. The highest BCUT2D eigenvalue weighted by Crippen LogP contribution is 2.41. The van der Waals surface area contributed by atoms with Gasteiger partial charge in [-0.3, -0.25) is 0 Å². The fraction of sp³-hybridized carbons (Fsp3) is 0.741. The number of aromatic nitrogens is 3. The van der Waals surface area contributed by atoms with Gasteiger partial charge >= 0.3 is 0 Å². The second-order valence-electron chi connectivity index (χ2n) is 23.8. The Morgan fingerprint density at radius 2 is 1.50 bits per heavy atom. The maximum absolute atomic E-state index is 12.9. The van der Waals surface area contributed by atoms with Crippen LogP contribution in [0.4, 0.5) is 0 Å². The van der Waals surface area contributed by atoms with E-state index in [1.54, 1.807) is 44.1 Å². The van der Waals surface area contributed by atoms with Crippen LogP contribution in [0.15, 0.2) is 64.8 Å². The van der Waals surface area contributed by atoms with E-state index in [-0.39, 0.29) is 37.4 Å². The molecule has 3 aromatic rings. The minimum absolute atomic E-state index is 0.131. The van der Waals surface area contributed by atoms with Gasteiger partial charge in [0.05, 0.1) is 59.7 Å². The summed E-state index contributed by atoms with van der Waals surface area (Å²) in [6.45, 7) is 19.4. The van der Waals surface area contributed by atoms with E-state index in [0.29, 0.717) is 38.9 Å². The molecule has 0 amide bonds. The maximum atomic E-state index is 12.9. The van der Waals surface area contributed by atoms with Gasteiger partial charge in [0, 0.05) is 74.5 Å². The van der Waals surface area contributed by atoms with Crippen LogP contribution in [0, 0.1) is 17.8 Å². The average molecular weight is 1110 g/mol. The Bertz CT molecular complexity index is 2380. The summed E-state index contributed by atoms with van der Waals surface area (Å²) >= 11 is 1.72. The molecule has 438 valence electrons. The first kappa shape index (κ1) is 62.4. The van der Waals surface area contributed by atoms with Crippen molar-refractivity contribution in [3.8, 4) is 11.1 Å². The molecule has 2 aromatic carbocycles. The van der Waals surface area contributed by atoms with Crippen molar-refractivity contribution in [1.29, 1.82) is 0 Å². The molecule has 4 aliphatic heterocycles.